The van der Waals surface area contributed by atoms with E-state index in [-0.39, 0.29) is 11.7 Å². The zero-order chi connectivity index (χ0) is 16.9. The van der Waals surface area contributed by atoms with Crippen LogP contribution in [0.3, 0.4) is 0 Å². The van der Waals surface area contributed by atoms with Crippen LogP contribution >= 0.6 is 11.3 Å². The lowest BCUT2D eigenvalue weighted by Gasteiger charge is -2.16. The van der Waals surface area contributed by atoms with E-state index in [9.17, 15) is 4.39 Å². The van der Waals surface area contributed by atoms with Crippen LogP contribution in [-0.4, -0.2) is 11.6 Å². The fourth-order valence-electron chi connectivity index (χ4n) is 2.67. The van der Waals surface area contributed by atoms with Gasteiger partial charge in [0.15, 0.2) is 5.13 Å². The summed E-state index contributed by atoms with van der Waals surface area (Å²) in [7, 11) is 0. The molecule has 3 nitrogen and oxygen atoms in total. The molecule has 3 rings (SSSR count). The Balaban J connectivity index is 1.91. The first-order valence-corrected chi connectivity index (χ1v) is 8.71. The monoisotopic (exact) mass is 342 g/mol. The first-order valence-electron chi connectivity index (χ1n) is 7.84. The highest BCUT2D eigenvalue weighted by molar-refractivity contribution is 7.13. The molecule has 0 saturated heterocycles. The van der Waals surface area contributed by atoms with Gasteiger partial charge in [0.25, 0.3) is 0 Å². The summed E-state index contributed by atoms with van der Waals surface area (Å²) in [5, 5.41) is 2.54. The number of halogens is 1. The van der Waals surface area contributed by atoms with Gasteiger partial charge in [0.2, 0.25) is 0 Å². The lowest BCUT2D eigenvalue weighted by molar-refractivity contribution is 0.340. The van der Waals surface area contributed by atoms with Gasteiger partial charge < -0.3 is 10.5 Å². The van der Waals surface area contributed by atoms with Crippen LogP contribution < -0.4 is 10.5 Å². The Hall–Kier alpha value is -2.40. The standard InChI is InChI=1S/C19H19FN2OS/c1-2-23-16-9-5-14(6-10-16)17(18-12-24-19(21)22-18)11-13-3-7-15(20)8-4-13/h3-10,12,17H,2,11H2,1H3,(H2,21,22). The van der Waals surface area contributed by atoms with Crippen LogP contribution in [0.2, 0.25) is 0 Å². The number of nitrogens with two attached hydrogens (primary N) is 1. The van der Waals surface area contributed by atoms with Crippen molar-refractivity contribution in [3.05, 3.63) is 76.5 Å². The topological polar surface area (TPSA) is 48.1 Å². The van der Waals surface area contributed by atoms with Gasteiger partial charge in [-0.2, -0.15) is 0 Å². The molecule has 1 heterocycles. The number of benzene rings is 2. The highest BCUT2D eigenvalue weighted by Crippen LogP contribution is 2.31. The molecule has 0 aliphatic carbocycles. The van der Waals surface area contributed by atoms with E-state index in [0.717, 1.165) is 29.0 Å². The Morgan fingerprint density at radius 1 is 1.12 bits per heavy atom. The average molecular weight is 342 g/mol. The lowest BCUT2D eigenvalue weighted by atomic mass is 9.89. The Kier molecular flexibility index (Phi) is 5.11. The largest absolute Gasteiger partial charge is 0.494 e. The van der Waals surface area contributed by atoms with E-state index in [2.05, 4.69) is 17.1 Å². The Morgan fingerprint density at radius 3 is 2.42 bits per heavy atom. The van der Waals surface area contributed by atoms with Gasteiger partial charge >= 0.3 is 0 Å². The molecular formula is C19H19FN2OS. The molecule has 0 spiro atoms. The predicted molar refractivity (Wildman–Crippen MR) is 96.1 cm³/mol. The second-order valence-electron chi connectivity index (χ2n) is 5.50. The van der Waals surface area contributed by atoms with Crippen molar-refractivity contribution >= 4 is 16.5 Å². The molecule has 0 amide bonds. The van der Waals surface area contributed by atoms with E-state index in [1.807, 2.05) is 36.6 Å². The summed E-state index contributed by atoms with van der Waals surface area (Å²) in [4.78, 5) is 4.45. The summed E-state index contributed by atoms with van der Waals surface area (Å²) < 4.78 is 18.7. The summed E-state index contributed by atoms with van der Waals surface area (Å²) in [6.07, 6.45) is 0.734. The van der Waals surface area contributed by atoms with E-state index in [4.69, 9.17) is 10.5 Å². The van der Waals surface area contributed by atoms with Crippen LogP contribution in [0.4, 0.5) is 9.52 Å². The summed E-state index contributed by atoms with van der Waals surface area (Å²) in [5.74, 6) is 0.688. The fourth-order valence-corrected chi connectivity index (χ4v) is 3.29. The van der Waals surface area contributed by atoms with Crippen molar-refractivity contribution in [2.75, 3.05) is 12.3 Å². The van der Waals surface area contributed by atoms with Crippen LogP contribution in [0, 0.1) is 5.82 Å². The maximum Gasteiger partial charge on any atom is 0.180 e. The zero-order valence-electron chi connectivity index (χ0n) is 13.4. The third kappa shape index (κ3) is 3.92. The van der Waals surface area contributed by atoms with Crippen molar-refractivity contribution in [3.63, 3.8) is 0 Å². The van der Waals surface area contributed by atoms with Gasteiger partial charge in [-0.1, -0.05) is 24.3 Å². The number of thiazole rings is 1. The van der Waals surface area contributed by atoms with Gasteiger partial charge in [0.1, 0.15) is 11.6 Å². The van der Waals surface area contributed by atoms with Gasteiger partial charge in [-0.3, -0.25) is 0 Å². The number of nitrogens with zero attached hydrogens (tertiary/aromatic N) is 1. The number of aromatic nitrogens is 1. The number of hydrogen-bond acceptors (Lipinski definition) is 4. The minimum Gasteiger partial charge on any atom is -0.494 e. The first kappa shape index (κ1) is 16.5. The summed E-state index contributed by atoms with van der Waals surface area (Å²) >= 11 is 1.43. The molecule has 0 saturated carbocycles. The molecule has 0 radical (unpaired) electrons. The number of nitrogen functional groups attached to an aromatic ring is 1. The fraction of sp³-hybridized carbons (Fsp3) is 0.211. The van der Waals surface area contributed by atoms with Crippen LogP contribution in [0.15, 0.2) is 53.9 Å². The van der Waals surface area contributed by atoms with Crippen LogP contribution in [-0.2, 0) is 6.42 Å². The van der Waals surface area contributed by atoms with E-state index < -0.39 is 0 Å². The van der Waals surface area contributed by atoms with Crippen molar-refractivity contribution in [1.82, 2.24) is 4.98 Å². The van der Waals surface area contributed by atoms with Gasteiger partial charge in [-0.25, -0.2) is 9.37 Å². The van der Waals surface area contributed by atoms with Gasteiger partial charge in [0.05, 0.1) is 12.3 Å². The van der Waals surface area contributed by atoms with Crippen molar-refractivity contribution in [2.24, 2.45) is 0 Å². The zero-order valence-corrected chi connectivity index (χ0v) is 14.2. The van der Waals surface area contributed by atoms with Crippen LogP contribution in [0.1, 0.15) is 29.7 Å². The second kappa shape index (κ2) is 7.45. The van der Waals surface area contributed by atoms with E-state index in [1.165, 1.54) is 23.5 Å². The molecule has 124 valence electrons. The van der Waals surface area contributed by atoms with Crippen LogP contribution in [0.25, 0.3) is 0 Å². The van der Waals surface area contributed by atoms with Crippen molar-refractivity contribution in [1.29, 1.82) is 0 Å². The minimum atomic E-state index is -0.228. The number of rotatable bonds is 6. The number of ether oxygens (including phenoxy) is 1. The van der Waals surface area contributed by atoms with Crippen molar-refractivity contribution in [2.45, 2.75) is 19.3 Å². The summed E-state index contributed by atoms with van der Waals surface area (Å²) in [5.41, 5.74) is 8.94. The normalized spacial score (nSPS) is 12.1. The van der Waals surface area contributed by atoms with Crippen LogP contribution in [0.5, 0.6) is 5.75 Å². The van der Waals surface area contributed by atoms with Gasteiger partial charge in [-0.05, 0) is 48.7 Å². The molecular weight excluding hydrogens is 323 g/mol. The predicted octanol–water partition coefficient (Wildman–Crippen LogP) is 4.64. The van der Waals surface area contributed by atoms with Gasteiger partial charge in [-0.15, -0.1) is 11.3 Å². The SMILES string of the molecule is CCOc1ccc(C(Cc2ccc(F)cc2)c2csc(N)n2)cc1. The highest BCUT2D eigenvalue weighted by Gasteiger charge is 2.18. The quantitative estimate of drug-likeness (QED) is 0.710. The Morgan fingerprint density at radius 2 is 1.83 bits per heavy atom. The molecule has 2 aromatic carbocycles. The summed E-state index contributed by atoms with van der Waals surface area (Å²) in [6.45, 7) is 2.60. The van der Waals surface area contributed by atoms with Crippen molar-refractivity contribution in [3.8, 4) is 5.75 Å². The maximum atomic E-state index is 13.1. The second-order valence-corrected chi connectivity index (χ2v) is 6.39. The molecule has 0 bridgehead atoms. The third-order valence-electron chi connectivity index (χ3n) is 3.84. The summed E-state index contributed by atoms with van der Waals surface area (Å²) in [6, 6.07) is 14.6. The van der Waals surface area contributed by atoms with E-state index in [0.29, 0.717) is 11.7 Å². The molecule has 0 aliphatic rings. The lowest BCUT2D eigenvalue weighted by Crippen LogP contribution is -2.06. The third-order valence-corrected chi connectivity index (χ3v) is 4.54. The molecule has 1 aromatic heterocycles. The molecule has 5 heteroatoms. The molecule has 0 fully saturated rings. The van der Waals surface area contributed by atoms with E-state index >= 15 is 0 Å². The molecule has 0 aliphatic heterocycles. The first-order chi connectivity index (χ1) is 11.7. The molecule has 24 heavy (non-hydrogen) atoms. The molecule has 2 N–H and O–H groups in total. The Labute approximate surface area is 144 Å². The van der Waals surface area contributed by atoms with E-state index in [1.54, 1.807) is 0 Å². The smallest absolute Gasteiger partial charge is 0.180 e. The Bertz CT molecular complexity index is 784. The van der Waals surface area contributed by atoms with Gasteiger partial charge in [0, 0.05) is 11.3 Å². The minimum absolute atomic E-state index is 0.0692. The number of anilines is 1. The number of hydrogen-bond donors (Lipinski definition) is 1. The van der Waals surface area contributed by atoms with Crippen molar-refractivity contribution < 1.29 is 9.13 Å². The molecule has 1 unspecified atom stereocenters. The average Bonchev–Trinajstić information content (AvgIpc) is 3.02. The maximum absolute atomic E-state index is 13.1. The molecule has 3 aromatic rings. The highest BCUT2D eigenvalue weighted by atomic mass is 32.1. The molecule has 1 atom stereocenters.